The maximum atomic E-state index is 13.1. The minimum absolute atomic E-state index is 0.0186. The molecular weight excluding hydrogens is 375 g/mol. The lowest BCUT2D eigenvalue weighted by molar-refractivity contribution is 0.549. The van der Waals surface area contributed by atoms with Gasteiger partial charge in [0, 0.05) is 8.95 Å². The van der Waals surface area contributed by atoms with Gasteiger partial charge in [-0.1, -0.05) is 50.1 Å². The van der Waals surface area contributed by atoms with Gasteiger partial charge in [0.15, 0.2) is 0 Å². The third-order valence-electron chi connectivity index (χ3n) is 2.91. The highest BCUT2D eigenvalue weighted by molar-refractivity contribution is 9.10. The number of benzene rings is 2. The molecule has 0 bridgehead atoms. The van der Waals surface area contributed by atoms with E-state index in [2.05, 4.69) is 37.3 Å². The number of hydrogen-bond donors (Lipinski definition) is 2. The molecule has 0 aliphatic carbocycles. The van der Waals surface area contributed by atoms with Gasteiger partial charge in [-0.25, -0.2) is 4.39 Å². The Labute approximate surface area is 128 Å². The number of hydrogen-bond acceptors (Lipinski definition) is 2. The number of halogens is 3. The normalized spacial score (nSPS) is 12.4. The fourth-order valence-electron chi connectivity index (χ4n) is 1.88. The average Bonchev–Trinajstić information content (AvgIpc) is 2.39. The van der Waals surface area contributed by atoms with Crippen molar-refractivity contribution in [3.8, 4) is 0 Å². The van der Waals surface area contributed by atoms with Crippen LogP contribution in [0.2, 0.25) is 0 Å². The average molecular weight is 388 g/mol. The molecule has 0 fully saturated rings. The highest BCUT2D eigenvalue weighted by Crippen LogP contribution is 2.25. The molecule has 2 aromatic rings. The molecular formula is C14H13Br2FN2. The Kier molecular flexibility index (Phi) is 5.10. The molecule has 2 rings (SSSR count). The lowest BCUT2D eigenvalue weighted by atomic mass is 9.99. The van der Waals surface area contributed by atoms with Gasteiger partial charge in [-0.3, -0.25) is 11.3 Å². The highest BCUT2D eigenvalue weighted by atomic mass is 79.9. The van der Waals surface area contributed by atoms with Crippen LogP contribution in [-0.4, -0.2) is 0 Å². The Balaban J connectivity index is 2.21. The summed E-state index contributed by atoms with van der Waals surface area (Å²) in [7, 11) is 0. The lowest BCUT2D eigenvalue weighted by Crippen LogP contribution is -2.29. The summed E-state index contributed by atoms with van der Waals surface area (Å²) >= 11 is 6.77. The van der Waals surface area contributed by atoms with Crippen molar-refractivity contribution in [2.24, 2.45) is 5.84 Å². The Hall–Kier alpha value is -0.750. The van der Waals surface area contributed by atoms with Crippen molar-refractivity contribution < 1.29 is 4.39 Å². The summed E-state index contributed by atoms with van der Waals surface area (Å²) < 4.78 is 14.8. The smallest absolute Gasteiger partial charge is 0.124 e. The van der Waals surface area contributed by atoms with E-state index in [1.54, 1.807) is 6.07 Å². The SMILES string of the molecule is NNC(Cc1ccc(F)cc1Br)c1ccc(Br)cc1. The van der Waals surface area contributed by atoms with Crippen LogP contribution in [0.15, 0.2) is 51.4 Å². The predicted molar refractivity (Wildman–Crippen MR) is 82.0 cm³/mol. The highest BCUT2D eigenvalue weighted by Gasteiger charge is 2.12. The van der Waals surface area contributed by atoms with Gasteiger partial charge < -0.3 is 0 Å². The summed E-state index contributed by atoms with van der Waals surface area (Å²) in [5.74, 6) is 5.37. The van der Waals surface area contributed by atoms with Crippen LogP contribution < -0.4 is 11.3 Å². The second-order valence-electron chi connectivity index (χ2n) is 4.21. The van der Waals surface area contributed by atoms with Crippen molar-refractivity contribution in [3.63, 3.8) is 0 Å². The van der Waals surface area contributed by atoms with E-state index in [4.69, 9.17) is 5.84 Å². The molecule has 1 atom stereocenters. The molecule has 0 aliphatic heterocycles. The molecule has 19 heavy (non-hydrogen) atoms. The number of hydrazine groups is 1. The second kappa shape index (κ2) is 6.61. The van der Waals surface area contributed by atoms with E-state index < -0.39 is 0 Å². The number of nitrogens with one attached hydrogen (secondary N) is 1. The van der Waals surface area contributed by atoms with Crippen LogP contribution in [0.4, 0.5) is 4.39 Å². The van der Waals surface area contributed by atoms with Crippen molar-refractivity contribution in [3.05, 3.63) is 68.4 Å². The van der Waals surface area contributed by atoms with Gasteiger partial charge >= 0.3 is 0 Å². The molecule has 0 saturated carbocycles. The van der Waals surface area contributed by atoms with E-state index in [1.807, 2.05) is 24.3 Å². The molecule has 2 aromatic carbocycles. The van der Waals surface area contributed by atoms with Gasteiger partial charge in [0.2, 0.25) is 0 Å². The molecule has 3 N–H and O–H groups in total. The van der Waals surface area contributed by atoms with Crippen molar-refractivity contribution >= 4 is 31.9 Å². The zero-order valence-electron chi connectivity index (χ0n) is 10.0. The number of nitrogens with two attached hydrogens (primary N) is 1. The zero-order chi connectivity index (χ0) is 13.8. The van der Waals surface area contributed by atoms with Crippen molar-refractivity contribution in [2.75, 3.05) is 0 Å². The minimum Gasteiger partial charge on any atom is -0.271 e. The molecule has 0 aliphatic rings. The lowest BCUT2D eigenvalue weighted by Gasteiger charge is -2.17. The first-order valence-electron chi connectivity index (χ1n) is 5.75. The topological polar surface area (TPSA) is 38.0 Å². The number of rotatable bonds is 4. The zero-order valence-corrected chi connectivity index (χ0v) is 13.2. The summed E-state index contributed by atoms with van der Waals surface area (Å²) in [4.78, 5) is 0. The quantitative estimate of drug-likeness (QED) is 0.612. The van der Waals surface area contributed by atoms with Crippen molar-refractivity contribution in [2.45, 2.75) is 12.5 Å². The second-order valence-corrected chi connectivity index (χ2v) is 5.98. The van der Waals surface area contributed by atoms with Crippen LogP contribution >= 0.6 is 31.9 Å². The minimum atomic E-state index is -0.253. The van der Waals surface area contributed by atoms with Gasteiger partial charge in [-0.05, 0) is 41.8 Å². The summed E-state index contributed by atoms with van der Waals surface area (Å²) in [6.45, 7) is 0. The first-order valence-corrected chi connectivity index (χ1v) is 7.34. The summed E-state index contributed by atoms with van der Waals surface area (Å²) in [6, 6.07) is 12.6. The van der Waals surface area contributed by atoms with Gasteiger partial charge in [0.25, 0.3) is 0 Å². The predicted octanol–water partition coefficient (Wildman–Crippen LogP) is 4.10. The van der Waals surface area contributed by atoms with Gasteiger partial charge in [-0.15, -0.1) is 0 Å². The summed E-state index contributed by atoms with van der Waals surface area (Å²) in [5.41, 5.74) is 4.89. The maximum Gasteiger partial charge on any atom is 0.124 e. The molecule has 2 nitrogen and oxygen atoms in total. The molecule has 0 saturated heterocycles. The van der Waals surface area contributed by atoms with E-state index in [9.17, 15) is 4.39 Å². The monoisotopic (exact) mass is 386 g/mol. The summed E-state index contributed by atoms with van der Waals surface area (Å²) in [6.07, 6.45) is 0.680. The van der Waals surface area contributed by atoms with E-state index in [-0.39, 0.29) is 11.9 Å². The van der Waals surface area contributed by atoms with E-state index in [0.29, 0.717) is 6.42 Å². The molecule has 1 unspecified atom stereocenters. The molecule has 0 heterocycles. The third kappa shape index (κ3) is 3.86. The first-order chi connectivity index (χ1) is 9.10. The van der Waals surface area contributed by atoms with Crippen LogP contribution in [0.25, 0.3) is 0 Å². The van der Waals surface area contributed by atoms with Crippen molar-refractivity contribution in [1.82, 2.24) is 5.43 Å². The maximum absolute atomic E-state index is 13.1. The van der Waals surface area contributed by atoms with Crippen LogP contribution in [0, 0.1) is 5.82 Å². The van der Waals surface area contributed by atoms with Crippen LogP contribution in [0.5, 0.6) is 0 Å². The Morgan fingerprint density at radius 1 is 1.11 bits per heavy atom. The Bertz CT molecular complexity index is 558. The van der Waals surface area contributed by atoms with Gasteiger partial charge in [-0.2, -0.15) is 0 Å². The third-order valence-corrected chi connectivity index (χ3v) is 4.18. The fraction of sp³-hybridized carbons (Fsp3) is 0.143. The molecule has 0 amide bonds. The van der Waals surface area contributed by atoms with Gasteiger partial charge in [0.05, 0.1) is 6.04 Å². The van der Waals surface area contributed by atoms with Crippen LogP contribution in [0.3, 0.4) is 0 Å². The Morgan fingerprint density at radius 3 is 2.37 bits per heavy atom. The molecule has 0 aromatic heterocycles. The first kappa shape index (κ1) is 14.7. The molecule has 100 valence electrons. The van der Waals surface area contributed by atoms with Crippen LogP contribution in [-0.2, 0) is 6.42 Å². The van der Waals surface area contributed by atoms with Gasteiger partial charge in [0.1, 0.15) is 5.82 Å². The van der Waals surface area contributed by atoms with E-state index >= 15 is 0 Å². The van der Waals surface area contributed by atoms with E-state index in [1.165, 1.54) is 12.1 Å². The fourth-order valence-corrected chi connectivity index (χ4v) is 2.65. The van der Waals surface area contributed by atoms with Crippen LogP contribution in [0.1, 0.15) is 17.2 Å². The molecule has 0 spiro atoms. The Morgan fingerprint density at radius 2 is 1.79 bits per heavy atom. The largest absolute Gasteiger partial charge is 0.271 e. The summed E-state index contributed by atoms with van der Waals surface area (Å²) in [5, 5.41) is 0. The standard InChI is InChI=1S/C14H13Br2FN2/c15-11-4-1-9(2-5-11)14(19-18)7-10-3-6-12(17)8-13(10)16/h1-6,8,14,19H,7,18H2. The van der Waals surface area contributed by atoms with E-state index in [0.717, 1.165) is 20.1 Å². The molecule has 5 heteroatoms. The van der Waals surface area contributed by atoms with Crippen molar-refractivity contribution in [1.29, 1.82) is 0 Å². The molecule has 0 radical (unpaired) electrons.